The van der Waals surface area contributed by atoms with E-state index in [1.54, 1.807) is 6.20 Å². The van der Waals surface area contributed by atoms with Crippen LogP contribution in [0.2, 0.25) is 5.02 Å². The third kappa shape index (κ3) is 2.07. The Morgan fingerprint density at radius 1 is 1.57 bits per heavy atom. The molecule has 2 rings (SSSR count). The molecule has 1 fully saturated rings. The Labute approximate surface area is 89.7 Å². The second-order valence-corrected chi connectivity index (χ2v) is 4.58. The maximum Gasteiger partial charge on any atom is 0.0621 e. The standard InChI is InChI=1S/C11H15ClN2/c1-13-8-11(3-4-11)6-9-2-5-14-7-10(9)12/h2,5,7,13H,3-4,6,8H2,1H3. The SMILES string of the molecule is CNCC1(Cc2ccncc2Cl)CC1. The number of nitrogens with one attached hydrogen (secondary N) is 1. The highest BCUT2D eigenvalue weighted by molar-refractivity contribution is 6.31. The molecule has 0 amide bonds. The lowest BCUT2D eigenvalue weighted by molar-refractivity contribution is 0.478. The van der Waals surface area contributed by atoms with Crippen molar-refractivity contribution >= 4 is 11.6 Å². The summed E-state index contributed by atoms with van der Waals surface area (Å²) < 4.78 is 0. The predicted octanol–water partition coefficient (Wildman–Crippen LogP) is 2.28. The minimum atomic E-state index is 0.472. The van der Waals surface area contributed by atoms with Gasteiger partial charge in [0.25, 0.3) is 0 Å². The summed E-state index contributed by atoms with van der Waals surface area (Å²) in [5, 5.41) is 4.05. The van der Waals surface area contributed by atoms with Crippen LogP contribution in [-0.2, 0) is 6.42 Å². The van der Waals surface area contributed by atoms with Gasteiger partial charge < -0.3 is 5.32 Å². The van der Waals surface area contributed by atoms with Gasteiger partial charge in [-0.15, -0.1) is 0 Å². The molecule has 0 aromatic carbocycles. The van der Waals surface area contributed by atoms with E-state index in [4.69, 9.17) is 11.6 Å². The van der Waals surface area contributed by atoms with E-state index in [1.807, 2.05) is 19.3 Å². The zero-order valence-corrected chi connectivity index (χ0v) is 9.14. The van der Waals surface area contributed by atoms with E-state index in [-0.39, 0.29) is 0 Å². The number of hydrogen-bond donors (Lipinski definition) is 1. The molecule has 0 spiro atoms. The van der Waals surface area contributed by atoms with Crippen LogP contribution in [0.3, 0.4) is 0 Å². The molecule has 0 bridgehead atoms. The highest BCUT2D eigenvalue weighted by atomic mass is 35.5. The molecule has 0 unspecified atom stereocenters. The minimum absolute atomic E-state index is 0.472. The Kier molecular flexibility index (Phi) is 2.75. The summed E-state index contributed by atoms with van der Waals surface area (Å²) in [5.41, 5.74) is 1.70. The number of aromatic nitrogens is 1. The second kappa shape index (κ2) is 3.87. The highest BCUT2D eigenvalue weighted by Crippen LogP contribution is 2.48. The zero-order chi connectivity index (χ0) is 10.0. The molecule has 1 saturated carbocycles. The van der Waals surface area contributed by atoms with Crippen LogP contribution in [0.1, 0.15) is 18.4 Å². The number of pyridine rings is 1. The predicted molar refractivity (Wildman–Crippen MR) is 58.5 cm³/mol. The van der Waals surface area contributed by atoms with Crippen molar-refractivity contribution < 1.29 is 0 Å². The smallest absolute Gasteiger partial charge is 0.0621 e. The van der Waals surface area contributed by atoms with Gasteiger partial charge in [-0.25, -0.2) is 0 Å². The van der Waals surface area contributed by atoms with Gasteiger partial charge in [0.15, 0.2) is 0 Å². The van der Waals surface area contributed by atoms with Crippen LogP contribution in [0.4, 0.5) is 0 Å². The van der Waals surface area contributed by atoms with Crippen LogP contribution in [0, 0.1) is 5.41 Å². The lowest BCUT2D eigenvalue weighted by Gasteiger charge is -2.14. The lowest BCUT2D eigenvalue weighted by atomic mass is 9.97. The number of rotatable bonds is 4. The molecule has 2 nitrogen and oxygen atoms in total. The monoisotopic (exact) mass is 210 g/mol. The van der Waals surface area contributed by atoms with Gasteiger partial charge in [-0.1, -0.05) is 11.6 Å². The van der Waals surface area contributed by atoms with Crippen molar-refractivity contribution in [2.75, 3.05) is 13.6 Å². The summed E-state index contributed by atoms with van der Waals surface area (Å²) in [6.07, 6.45) is 7.25. The van der Waals surface area contributed by atoms with Gasteiger partial charge in [0.1, 0.15) is 0 Å². The summed E-state index contributed by atoms with van der Waals surface area (Å²) in [6.45, 7) is 1.09. The first-order chi connectivity index (χ1) is 6.76. The van der Waals surface area contributed by atoms with Gasteiger partial charge >= 0.3 is 0 Å². The largest absolute Gasteiger partial charge is 0.319 e. The van der Waals surface area contributed by atoms with E-state index >= 15 is 0 Å². The molecule has 1 aromatic rings. The summed E-state index contributed by atoms with van der Waals surface area (Å²) in [6, 6.07) is 2.03. The first-order valence-corrected chi connectivity index (χ1v) is 5.37. The fourth-order valence-electron chi connectivity index (χ4n) is 1.92. The van der Waals surface area contributed by atoms with Gasteiger partial charge in [-0.3, -0.25) is 4.98 Å². The number of halogens is 1. The van der Waals surface area contributed by atoms with Crippen molar-refractivity contribution in [3.63, 3.8) is 0 Å². The third-order valence-corrected chi connectivity index (χ3v) is 3.27. The van der Waals surface area contributed by atoms with Crippen molar-refractivity contribution in [3.05, 3.63) is 29.0 Å². The van der Waals surface area contributed by atoms with Gasteiger partial charge in [0.2, 0.25) is 0 Å². The first-order valence-electron chi connectivity index (χ1n) is 4.99. The quantitative estimate of drug-likeness (QED) is 0.825. The number of nitrogens with zero attached hydrogens (tertiary/aromatic N) is 1. The van der Waals surface area contributed by atoms with Crippen molar-refractivity contribution in [2.45, 2.75) is 19.3 Å². The average molecular weight is 211 g/mol. The lowest BCUT2D eigenvalue weighted by Crippen LogP contribution is -2.22. The third-order valence-electron chi connectivity index (χ3n) is 2.93. The molecule has 0 saturated heterocycles. The van der Waals surface area contributed by atoms with Gasteiger partial charge in [-0.2, -0.15) is 0 Å². The van der Waals surface area contributed by atoms with Crippen LogP contribution in [0.25, 0.3) is 0 Å². The van der Waals surface area contributed by atoms with Crippen LogP contribution in [-0.4, -0.2) is 18.6 Å². The summed E-state index contributed by atoms with van der Waals surface area (Å²) in [7, 11) is 2.01. The van der Waals surface area contributed by atoms with E-state index in [0.717, 1.165) is 18.0 Å². The Balaban J connectivity index is 2.07. The van der Waals surface area contributed by atoms with E-state index in [2.05, 4.69) is 10.3 Å². The second-order valence-electron chi connectivity index (χ2n) is 4.17. The molecule has 14 heavy (non-hydrogen) atoms. The van der Waals surface area contributed by atoms with Crippen molar-refractivity contribution in [1.29, 1.82) is 0 Å². The molecule has 1 heterocycles. The highest BCUT2D eigenvalue weighted by Gasteiger charge is 2.41. The maximum absolute atomic E-state index is 6.08. The Bertz CT molecular complexity index is 321. The van der Waals surface area contributed by atoms with Crippen molar-refractivity contribution in [1.82, 2.24) is 10.3 Å². The van der Waals surface area contributed by atoms with Gasteiger partial charge in [0, 0.05) is 18.9 Å². The first kappa shape index (κ1) is 9.94. The van der Waals surface area contributed by atoms with E-state index < -0.39 is 0 Å². The Morgan fingerprint density at radius 3 is 2.93 bits per heavy atom. The topological polar surface area (TPSA) is 24.9 Å². The van der Waals surface area contributed by atoms with Gasteiger partial charge in [-0.05, 0) is 43.4 Å². The zero-order valence-electron chi connectivity index (χ0n) is 8.39. The van der Waals surface area contributed by atoms with Crippen molar-refractivity contribution in [2.24, 2.45) is 5.41 Å². The van der Waals surface area contributed by atoms with E-state index in [9.17, 15) is 0 Å². The van der Waals surface area contributed by atoms with Gasteiger partial charge in [0.05, 0.1) is 5.02 Å². The fraction of sp³-hybridized carbons (Fsp3) is 0.545. The van der Waals surface area contributed by atoms with Crippen LogP contribution < -0.4 is 5.32 Å². The molecule has 1 N–H and O–H groups in total. The number of hydrogen-bond acceptors (Lipinski definition) is 2. The van der Waals surface area contributed by atoms with Crippen LogP contribution in [0.5, 0.6) is 0 Å². The van der Waals surface area contributed by atoms with E-state index in [0.29, 0.717) is 5.41 Å². The van der Waals surface area contributed by atoms with E-state index in [1.165, 1.54) is 18.4 Å². The normalized spacial score (nSPS) is 18.1. The Hall–Kier alpha value is -0.600. The molecule has 3 heteroatoms. The summed E-state index contributed by atoms with van der Waals surface area (Å²) in [4.78, 5) is 3.99. The molecule has 0 atom stereocenters. The average Bonchev–Trinajstić information content (AvgIpc) is 2.90. The van der Waals surface area contributed by atoms with Crippen molar-refractivity contribution in [3.8, 4) is 0 Å². The molecule has 1 aliphatic carbocycles. The molecule has 0 aliphatic heterocycles. The molecule has 0 radical (unpaired) electrons. The van der Waals surface area contributed by atoms with Crippen LogP contribution >= 0.6 is 11.6 Å². The summed E-state index contributed by atoms with van der Waals surface area (Å²) >= 11 is 6.08. The molecule has 76 valence electrons. The van der Waals surface area contributed by atoms with Crippen LogP contribution in [0.15, 0.2) is 18.5 Å². The summed E-state index contributed by atoms with van der Waals surface area (Å²) in [5.74, 6) is 0. The molecular weight excluding hydrogens is 196 g/mol. The fourth-order valence-corrected chi connectivity index (χ4v) is 2.11. The maximum atomic E-state index is 6.08. The molecule has 1 aromatic heterocycles. The minimum Gasteiger partial charge on any atom is -0.319 e. The molecular formula is C11H15ClN2. The Morgan fingerprint density at radius 2 is 2.36 bits per heavy atom. The molecule has 1 aliphatic rings.